The summed E-state index contributed by atoms with van der Waals surface area (Å²) >= 11 is 0. The van der Waals surface area contributed by atoms with Crippen LogP contribution in [0.25, 0.3) is 16.7 Å². The third kappa shape index (κ3) is 3.42. The second kappa shape index (κ2) is 6.48. The average molecular weight is 362 g/mol. The molecule has 0 fully saturated rings. The Morgan fingerprint density at radius 1 is 1.19 bits per heavy atom. The van der Waals surface area contributed by atoms with Gasteiger partial charge in [-0.2, -0.15) is 13.2 Å². The van der Waals surface area contributed by atoms with Gasteiger partial charge in [0.05, 0.1) is 22.2 Å². The van der Waals surface area contributed by atoms with Gasteiger partial charge in [0.15, 0.2) is 0 Å². The van der Waals surface area contributed by atoms with E-state index in [0.717, 1.165) is 12.1 Å². The number of carbonyl (C=O) groups is 1. The van der Waals surface area contributed by atoms with Crippen LogP contribution in [-0.2, 0) is 12.6 Å². The van der Waals surface area contributed by atoms with Gasteiger partial charge in [0.1, 0.15) is 5.82 Å². The van der Waals surface area contributed by atoms with Gasteiger partial charge in [-0.3, -0.25) is 4.57 Å². The molecular formula is C19H17F3N2O2. The molecule has 0 saturated heterocycles. The van der Waals surface area contributed by atoms with Crippen molar-refractivity contribution in [3.8, 4) is 5.69 Å². The summed E-state index contributed by atoms with van der Waals surface area (Å²) in [5.41, 5.74) is 0.645. The van der Waals surface area contributed by atoms with E-state index in [-0.39, 0.29) is 17.0 Å². The number of rotatable bonds is 4. The Bertz CT molecular complexity index is 975. The molecule has 7 heteroatoms. The lowest BCUT2D eigenvalue weighted by molar-refractivity contribution is -0.137. The summed E-state index contributed by atoms with van der Waals surface area (Å²) in [7, 11) is 0. The normalized spacial score (nSPS) is 12.1. The van der Waals surface area contributed by atoms with Crippen LogP contribution in [0, 0.1) is 5.92 Å². The number of aromatic carboxylic acids is 1. The van der Waals surface area contributed by atoms with Crippen LogP contribution in [0.2, 0.25) is 0 Å². The molecule has 3 rings (SSSR count). The molecule has 0 saturated carbocycles. The first-order valence-electron chi connectivity index (χ1n) is 8.09. The molecule has 0 aliphatic carbocycles. The number of alkyl halides is 3. The molecule has 0 bridgehead atoms. The van der Waals surface area contributed by atoms with Gasteiger partial charge in [-0.15, -0.1) is 0 Å². The van der Waals surface area contributed by atoms with Gasteiger partial charge >= 0.3 is 12.1 Å². The number of carboxylic acid groups (broad SMARTS) is 1. The van der Waals surface area contributed by atoms with Gasteiger partial charge in [-0.1, -0.05) is 19.9 Å². The Kier molecular flexibility index (Phi) is 4.48. The van der Waals surface area contributed by atoms with Crippen molar-refractivity contribution in [2.75, 3.05) is 0 Å². The SMILES string of the molecule is CC(C)Cc1nc2cc(C(F)(F)F)ccc2n1-c1cccc(C(=O)O)c1. The minimum absolute atomic E-state index is 0.103. The van der Waals surface area contributed by atoms with E-state index in [1.807, 2.05) is 13.8 Å². The molecule has 0 aliphatic heterocycles. The van der Waals surface area contributed by atoms with Gasteiger partial charge in [0.25, 0.3) is 0 Å². The summed E-state index contributed by atoms with van der Waals surface area (Å²) in [6.45, 7) is 3.97. The zero-order chi connectivity index (χ0) is 19.1. The highest BCUT2D eigenvalue weighted by Gasteiger charge is 2.31. The number of hydrogen-bond donors (Lipinski definition) is 1. The highest BCUT2D eigenvalue weighted by atomic mass is 19.4. The van der Waals surface area contributed by atoms with E-state index in [1.54, 1.807) is 16.7 Å². The van der Waals surface area contributed by atoms with Crippen molar-refractivity contribution in [2.24, 2.45) is 5.92 Å². The van der Waals surface area contributed by atoms with Crippen LogP contribution >= 0.6 is 0 Å². The second-order valence-electron chi connectivity index (χ2n) is 6.52. The maximum atomic E-state index is 13.0. The highest BCUT2D eigenvalue weighted by Crippen LogP contribution is 2.32. The zero-order valence-electron chi connectivity index (χ0n) is 14.2. The van der Waals surface area contributed by atoms with E-state index in [2.05, 4.69) is 4.98 Å². The van der Waals surface area contributed by atoms with Gasteiger partial charge in [-0.05, 0) is 42.3 Å². The molecule has 4 nitrogen and oxygen atoms in total. The molecule has 0 radical (unpaired) electrons. The molecule has 2 aromatic carbocycles. The Hall–Kier alpha value is -2.83. The lowest BCUT2D eigenvalue weighted by Crippen LogP contribution is -2.06. The largest absolute Gasteiger partial charge is 0.478 e. The van der Waals surface area contributed by atoms with Crippen molar-refractivity contribution in [1.29, 1.82) is 0 Å². The number of carboxylic acids is 1. The van der Waals surface area contributed by atoms with Crippen LogP contribution in [0.3, 0.4) is 0 Å². The molecule has 1 N–H and O–H groups in total. The monoisotopic (exact) mass is 362 g/mol. The molecule has 3 aromatic rings. The van der Waals surface area contributed by atoms with Crippen LogP contribution < -0.4 is 0 Å². The maximum Gasteiger partial charge on any atom is 0.416 e. The summed E-state index contributed by atoms with van der Waals surface area (Å²) in [5.74, 6) is -0.242. The number of halogens is 3. The standard InChI is InChI=1S/C19H17F3N2O2/c1-11(2)8-17-23-15-10-13(19(20,21)22)6-7-16(15)24(17)14-5-3-4-12(9-14)18(25)26/h3-7,9-11H,8H2,1-2H3,(H,25,26). The fourth-order valence-corrected chi connectivity index (χ4v) is 2.87. The average Bonchev–Trinajstić information content (AvgIpc) is 2.90. The quantitative estimate of drug-likeness (QED) is 0.715. The van der Waals surface area contributed by atoms with Gasteiger partial charge < -0.3 is 5.11 Å². The summed E-state index contributed by atoms with van der Waals surface area (Å²) in [6.07, 6.45) is -3.90. The molecule has 0 atom stereocenters. The molecule has 0 amide bonds. The van der Waals surface area contributed by atoms with Gasteiger partial charge in [-0.25, -0.2) is 9.78 Å². The molecule has 1 aromatic heterocycles. The van der Waals surface area contributed by atoms with E-state index < -0.39 is 17.7 Å². The first kappa shape index (κ1) is 18.0. The molecule has 0 spiro atoms. The first-order chi connectivity index (χ1) is 12.2. The summed E-state index contributed by atoms with van der Waals surface area (Å²) < 4.78 is 40.7. The molecule has 136 valence electrons. The maximum absolute atomic E-state index is 13.0. The van der Waals surface area contributed by atoms with Crippen molar-refractivity contribution in [2.45, 2.75) is 26.4 Å². The van der Waals surface area contributed by atoms with Crippen LogP contribution in [-0.4, -0.2) is 20.6 Å². The third-order valence-corrected chi connectivity index (χ3v) is 3.99. The van der Waals surface area contributed by atoms with E-state index in [9.17, 15) is 23.1 Å². The third-order valence-electron chi connectivity index (χ3n) is 3.99. The molecule has 26 heavy (non-hydrogen) atoms. The van der Waals surface area contributed by atoms with Gasteiger partial charge in [0, 0.05) is 12.1 Å². The first-order valence-corrected chi connectivity index (χ1v) is 8.09. The molecule has 0 unspecified atom stereocenters. The van der Waals surface area contributed by atoms with Crippen LogP contribution in [0.4, 0.5) is 13.2 Å². The summed E-state index contributed by atoms with van der Waals surface area (Å²) in [5, 5.41) is 9.21. The van der Waals surface area contributed by atoms with E-state index >= 15 is 0 Å². The summed E-state index contributed by atoms with van der Waals surface area (Å²) in [6, 6.07) is 9.70. The zero-order valence-corrected chi connectivity index (χ0v) is 14.2. The number of imidazole rings is 1. The van der Waals surface area contributed by atoms with Crippen molar-refractivity contribution in [3.63, 3.8) is 0 Å². The Morgan fingerprint density at radius 2 is 1.92 bits per heavy atom. The van der Waals surface area contributed by atoms with Crippen LogP contribution in [0.15, 0.2) is 42.5 Å². The Labute approximate surface area is 147 Å². The minimum Gasteiger partial charge on any atom is -0.478 e. The number of fused-ring (bicyclic) bond motifs is 1. The van der Waals surface area contributed by atoms with E-state index in [1.165, 1.54) is 18.2 Å². The van der Waals surface area contributed by atoms with Crippen molar-refractivity contribution < 1.29 is 23.1 Å². The fourth-order valence-electron chi connectivity index (χ4n) is 2.87. The summed E-state index contributed by atoms with van der Waals surface area (Å²) in [4.78, 5) is 15.6. The van der Waals surface area contributed by atoms with Gasteiger partial charge in [0.2, 0.25) is 0 Å². The topological polar surface area (TPSA) is 55.1 Å². The molecule has 0 aliphatic rings. The molecule has 1 heterocycles. The van der Waals surface area contributed by atoms with Crippen molar-refractivity contribution in [1.82, 2.24) is 9.55 Å². The van der Waals surface area contributed by atoms with Crippen LogP contribution in [0.5, 0.6) is 0 Å². The predicted molar refractivity (Wildman–Crippen MR) is 91.6 cm³/mol. The smallest absolute Gasteiger partial charge is 0.416 e. The minimum atomic E-state index is -4.45. The Morgan fingerprint density at radius 3 is 2.54 bits per heavy atom. The van der Waals surface area contributed by atoms with Crippen molar-refractivity contribution >= 4 is 17.0 Å². The lowest BCUT2D eigenvalue weighted by Gasteiger charge is -2.12. The number of hydrogen-bond acceptors (Lipinski definition) is 2. The second-order valence-corrected chi connectivity index (χ2v) is 6.52. The van der Waals surface area contributed by atoms with E-state index in [0.29, 0.717) is 23.4 Å². The number of nitrogens with zero attached hydrogens (tertiary/aromatic N) is 2. The highest BCUT2D eigenvalue weighted by molar-refractivity contribution is 5.88. The molecular weight excluding hydrogens is 345 g/mol. The predicted octanol–water partition coefficient (Wildman–Crippen LogP) is 4.94. The van der Waals surface area contributed by atoms with E-state index in [4.69, 9.17) is 0 Å². The fraction of sp³-hybridized carbons (Fsp3) is 0.263. The van der Waals surface area contributed by atoms with Crippen molar-refractivity contribution in [3.05, 3.63) is 59.4 Å². The van der Waals surface area contributed by atoms with Crippen LogP contribution in [0.1, 0.15) is 35.6 Å². The number of aromatic nitrogens is 2. The number of benzene rings is 2. The Balaban J connectivity index is 2.24. The lowest BCUT2D eigenvalue weighted by atomic mass is 10.1.